The van der Waals surface area contributed by atoms with Gasteiger partial charge in [0.05, 0.1) is 35.3 Å². The van der Waals surface area contributed by atoms with Crippen LogP contribution in [0.15, 0.2) is 47.4 Å². The number of carbonyl (C=O) groups is 2. The second kappa shape index (κ2) is 7.54. The molecule has 2 rings (SSSR count). The number of hydrogen-bond donors (Lipinski definition) is 1. The Bertz CT molecular complexity index is 909. The van der Waals surface area contributed by atoms with Crippen molar-refractivity contribution in [3.05, 3.63) is 58.6 Å². The molecule has 0 bridgehead atoms. The number of sulfonamides is 1. The number of hydrogen-bond acceptors (Lipinski definition) is 6. The third-order valence-electron chi connectivity index (χ3n) is 3.21. The van der Waals surface area contributed by atoms with Crippen LogP contribution in [0.3, 0.4) is 0 Å². The predicted molar refractivity (Wildman–Crippen MR) is 91.4 cm³/mol. The first-order valence-electron chi connectivity index (χ1n) is 6.87. The van der Waals surface area contributed by atoms with Crippen molar-refractivity contribution < 1.29 is 27.5 Å². The molecule has 0 unspecified atom stereocenters. The Labute approximate surface area is 149 Å². The zero-order valence-electron chi connectivity index (χ0n) is 13.3. The summed E-state index contributed by atoms with van der Waals surface area (Å²) in [6.07, 6.45) is 0. The Morgan fingerprint density at radius 2 is 1.56 bits per heavy atom. The van der Waals surface area contributed by atoms with E-state index in [4.69, 9.17) is 11.6 Å². The SMILES string of the molecule is COC(=O)c1ccc(S(=O)(=O)Nc2ccc(Cl)c(C(=O)OC)c2)cc1. The average Bonchev–Trinajstić information content (AvgIpc) is 2.61. The van der Waals surface area contributed by atoms with Crippen LogP contribution in [0.4, 0.5) is 5.69 Å². The zero-order valence-corrected chi connectivity index (χ0v) is 14.8. The molecule has 1 N–H and O–H groups in total. The molecule has 0 amide bonds. The monoisotopic (exact) mass is 383 g/mol. The molecule has 0 radical (unpaired) electrons. The van der Waals surface area contributed by atoms with Crippen LogP contribution in [0.1, 0.15) is 20.7 Å². The van der Waals surface area contributed by atoms with E-state index < -0.39 is 22.0 Å². The Hall–Kier alpha value is -2.58. The normalized spacial score (nSPS) is 10.8. The summed E-state index contributed by atoms with van der Waals surface area (Å²) in [5, 5.41) is 0.136. The maximum atomic E-state index is 12.4. The summed E-state index contributed by atoms with van der Waals surface area (Å²) in [5.74, 6) is -1.26. The first-order valence-corrected chi connectivity index (χ1v) is 8.73. The molecule has 0 spiro atoms. The lowest BCUT2D eigenvalue weighted by molar-refractivity contribution is 0.0592. The van der Waals surface area contributed by atoms with Crippen LogP contribution < -0.4 is 4.72 Å². The van der Waals surface area contributed by atoms with E-state index >= 15 is 0 Å². The molecule has 0 fully saturated rings. The van der Waals surface area contributed by atoms with Gasteiger partial charge in [-0.3, -0.25) is 4.72 Å². The molecule has 2 aromatic rings. The molecule has 0 aliphatic rings. The maximum absolute atomic E-state index is 12.4. The molecule has 0 aliphatic carbocycles. The Kier molecular flexibility index (Phi) is 5.66. The zero-order chi connectivity index (χ0) is 18.6. The molecular formula is C16H14ClNO6S. The molecule has 0 aliphatic heterocycles. The van der Waals surface area contributed by atoms with Crippen molar-refractivity contribution in [2.24, 2.45) is 0 Å². The molecule has 0 saturated carbocycles. The molecule has 9 heteroatoms. The van der Waals surface area contributed by atoms with Crippen molar-refractivity contribution >= 4 is 39.3 Å². The number of halogens is 1. The molecule has 0 aromatic heterocycles. The minimum absolute atomic E-state index is 0.0328. The molecule has 7 nitrogen and oxygen atoms in total. The van der Waals surface area contributed by atoms with Gasteiger partial charge in [0, 0.05) is 5.69 Å². The highest BCUT2D eigenvalue weighted by atomic mass is 35.5. The van der Waals surface area contributed by atoms with E-state index in [0.717, 1.165) is 0 Å². The predicted octanol–water partition coefficient (Wildman–Crippen LogP) is 2.71. The summed E-state index contributed by atoms with van der Waals surface area (Å²) < 4.78 is 36.3. The summed E-state index contributed by atoms with van der Waals surface area (Å²) in [6.45, 7) is 0. The van der Waals surface area contributed by atoms with Crippen LogP contribution in [-0.4, -0.2) is 34.6 Å². The Balaban J connectivity index is 2.30. The van der Waals surface area contributed by atoms with E-state index in [9.17, 15) is 18.0 Å². The van der Waals surface area contributed by atoms with E-state index in [2.05, 4.69) is 14.2 Å². The number of nitrogens with one attached hydrogen (secondary N) is 1. The molecular weight excluding hydrogens is 370 g/mol. The number of rotatable bonds is 5. The summed E-state index contributed by atoms with van der Waals surface area (Å²) in [4.78, 5) is 22.9. The standard InChI is InChI=1S/C16H14ClNO6S/c1-23-15(19)10-3-6-12(7-4-10)25(21,22)18-11-5-8-14(17)13(9-11)16(20)24-2/h3-9,18H,1-2H3. The van der Waals surface area contributed by atoms with Crippen LogP contribution in [0.2, 0.25) is 5.02 Å². The molecule has 132 valence electrons. The molecule has 25 heavy (non-hydrogen) atoms. The number of benzene rings is 2. The highest BCUT2D eigenvalue weighted by Gasteiger charge is 2.18. The summed E-state index contributed by atoms with van der Waals surface area (Å²) in [5.41, 5.74) is 0.396. The van der Waals surface area contributed by atoms with Gasteiger partial charge >= 0.3 is 11.9 Å². The molecule has 0 heterocycles. The largest absolute Gasteiger partial charge is 0.465 e. The van der Waals surface area contributed by atoms with Gasteiger partial charge in [-0.2, -0.15) is 0 Å². The maximum Gasteiger partial charge on any atom is 0.339 e. The topological polar surface area (TPSA) is 98.8 Å². The van der Waals surface area contributed by atoms with Crippen LogP contribution in [0, 0.1) is 0 Å². The van der Waals surface area contributed by atoms with Crippen LogP contribution >= 0.6 is 11.6 Å². The van der Waals surface area contributed by atoms with Gasteiger partial charge in [0.2, 0.25) is 0 Å². The minimum Gasteiger partial charge on any atom is -0.465 e. The smallest absolute Gasteiger partial charge is 0.339 e. The lowest BCUT2D eigenvalue weighted by atomic mass is 10.2. The third-order valence-corrected chi connectivity index (χ3v) is 4.94. The minimum atomic E-state index is -3.92. The number of carbonyl (C=O) groups excluding carboxylic acids is 2. The van der Waals surface area contributed by atoms with Gasteiger partial charge < -0.3 is 9.47 Å². The van der Waals surface area contributed by atoms with Crippen molar-refractivity contribution in [3.8, 4) is 0 Å². The van der Waals surface area contributed by atoms with E-state index in [1.54, 1.807) is 0 Å². The fraction of sp³-hybridized carbons (Fsp3) is 0.125. The van der Waals surface area contributed by atoms with Gasteiger partial charge in [-0.1, -0.05) is 11.6 Å². The fourth-order valence-electron chi connectivity index (χ4n) is 1.96. The van der Waals surface area contributed by atoms with Crippen molar-refractivity contribution in [1.82, 2.24) is 0 Å². The van der Waals surface area contributed by atoms with Crippen LogP contribution in [0.5, 0.6) is 0 Å². The highest BCUT2D eigenvalue weighted by Crippen LogP contribution is 2.23. The highest BCUT2D eigenvalue weighted by molar-refractivity contribution is 7.92. The molecule has 0 atom stereocenters. The second-order valence-corrected chi connectivity index (χ2v) is 6.90. The van der Waals surface area contributed by atoms with Crippen molar-refractivity contribution in [3.63, 3.8) is 0 Å². The van der Waals surface area contributed by atoms with Crippen molar-refractivity contribution in [2.75, 3.05) is 18.9 Å². The summed E-state index contributed by atoms with van der Waals surface area (Å²) >= 11 is 5.90. The first kappa shape index (κ1) is 18.8. The number of ether oxygens (including phenoxy) is 2. The van der Waals surface area contributed by atoms with Gasteiger partial charge in [0.1, 0.15) is 0 Å². The van der Waals surface area contributed by atoms with Crippen molar-refractivity contribution in [2.45, 2.75) is 4.90 Å². The Morgan fingerprint density at radius 3 is 2.12 bits per heavy atom. The quantitative estimate of drug-likeness (QED) is 0.797. The van der Waals surface area contributed by atoms with Crippen LogP contribution in [0.25, 0.3) is 0 Å². The van der Waals surface area contributed by atoms with Gasteiger partial charge in [0.15, 0.2) is 0 Å². The van der Waals surface area contributed by atoms with E-state index in [0.29, 0.717) is 0 Å². The van der Waals surface area contributed by atoms with Gasteiger partial charge in [-0.25, -0.2) is 18.0 Å². The molecule has 2 aromatic carbocycles. The van der Waals surface area contributed by atoms with Gasteiger partial charge in [0.25, 0.3) is 10.0 Å². The van der Waals surface area contributed by atoms with E-state index in [-0.39, 0.29) is 26.7 Å². The molecule has 0 saturated heterocycles. The second-order valence-electron chi connectivity index (χ2n) is 4.81. The van der Waals surface area contributed by atoms with Gasteiger partial charge in [-0.15, -0.1) is 0 Å². The third kappa shape index (κ3) is 4.28. The number of esters is 2. The lowest BCUT2D eigenvalue weighted by Crippen LogP contribution is -2.14. The number of methoxy groups -OCH3 is 2. The first-order chi connectivity index (χ1) is 11.8. The Morgan fingerprint density at radius 1 is 0.960 bits per heavy atom. The fourth-order valence-corrected chi connectivity index (χ4v) is 3.20. The number of anilines is 1. The van der Waals surface area contributed by atoms with E-state index in [1.807, 2.05) is 0 Å². The van der Waals surface area contributed by atoms with E-state index in [1.165, 1.54) is 56.7 Å². The lowest BCUT2D eigenvalue weighted by Gasteiger charge is -2.10. The average molecular weight is 384 g/mol. The summed E-state index contributed by atoms with van der Waals surface area (Å²) in [6, 6.07) is 9.28. The summed E-state index contributed by atoms with van der Waals surface area (Å²) in [7, 11) is -1.50. The van der Waals surface area contributed by atoms with Crippen LogP contribution in [-0.2, 0) is 19.5 Å². The van der Waals surface area contributed by atoms with Gasteiger partial charge in [-0.05, 0) is 42.5 Å². The van der Waals surface area contributed by atoms with Crippen molar-refractivity contribution in [1.29, 1.82) is 0 Å².